The minimum atomic E-state index is 0.163. The fraction of sp³-hybridized carbons (Fsp3) is 0.500. The fourth-order valence-corrected chi connectivity index (χ4v) is 2.69. The average Bonchev–Trinajstić information content (AvgIpc) is 2.51. The smallest absolute Gasteiger partial charge is 0.175 e. The maximum atomic E-state index is 11.7. The van der Waals surface area contributed by atoms with Crippen molar-refractivity contribution in [2.45, 2.75) is 26.7 Å². The normalized spacial score (nSPS) is 12.8. The minimum absolute atomic E-state index is 0.163. The van der Waals surface area contributed by atoms with Crippen molar-refractivity contribution in [1.29, 1.82) is 0 Å². The van der Waals surface area contributed by atoms with Crippen LogP contribution in [0.3, 0.4) is 0 Å². The third kappa shape index (κ3) is 2.92. The van der Waals surface area contributed by atoms with E-state index in [0.717, 1.165) is 21.5 Å². The molecule has 0 spiro atoms. The van der Waals surface area contributed by atoms with Crippen LogP contribution in [0.2, 0.25) is 0 Å². The lowest BCUT2D eigenvalue weighted by molar-refractivity contribution is 0.0928. The van der Waals surface area contributed by atoms with Crippen molar-refractivity contribution < 1.29 is 4.79 Å². The lowest BCUT2D eigenvalue weighted by Gasteiger charge is -2.05. The summed E-state index contributed by atoms with van der Waals surface area (Å²) in [7, 11) is 0. The van der Waals surface area contributed by atoms with Crippen LogP contribution in [0.4, 0.5) is 0 Å². The van der Waals surface area contributed by atoms with E-state index in [9.17, 15) is 4.79 Å². The van der Waals surface area contributed by atoms with Gasteiger partial charge in [-0.05, 0) is 34.5 Å². The van der Waals surface area contributed by atoms with Gasteiger partial charge in [0.25, 0.3) is 0 Å². The monoisotopic (exact) mass is 260 g/mol. The minimum Gasteiger partial charge on any atom is -0.293 e. The van der Waals surface area contributed by atoms with Crippen LogP contribution in [0.15, 0.2) is 15.9 Å². The molecule has 0 aliphatic heterocycles. The Morgan fingerprint density at radius 3 is 2.77 bits per heavy atom. The average molecular weight is 261 g/mol. The first-order valence-corrected chi connectivity index (χ1v) is 6.05. The van der Waals surface area contributed by atoms with E-state index in [0.29, 0.717) is 0 Å². The van der Waals surface area contributed by atoms with E-state index in [1.54, 1.807) is 0 Å². The number of carbonyl (C=O) groups excluding carboxylic acids is 1. The van der Waals surface area contributed by atoms with Gasteiger partial charge in [0.1, 0.15) is 0 Å². The van der Waals surface area contributed by atoms with Gasteiger partial charge < -0.3 is 0 Å². The molecule has 1 heterocycles. The van der Waals surface area contributed by atoms with Gasteiger partial charge in [-0.15, -0.1) is 11.3 Å². The quantitative estimate of drug-likeness (QED) is 0.745. The number of thiophene rings is 1. The molecule has 0 N–H and O–H groups in total. The first-order valence-electron chi connectivity index (χ1n) is 4.44. The zero-order valence-electron chi connectivity index (χ0n) is 7.84. The predicted molar refractivity (Wildman–Crippen MR) is 60.4 cm³/mol. The van der Waals surface area contributed by atoms with Gasteiger partial charge in [-0.25, -0.2) is 0 Å². The van der Waals surface area contributed by atoms with Crippen LogP contribution in [0, 0.1) is 5.92 Å². The lowest BCUT2D eigenvalue weighted by atomic mass is 10.0. The maximum absolute atomic E-state index is 11.7. The standard InChI is InChI=1S/C10H13BrOS/c1-3-4-7(2)10(12)8-5-6-9(11)13-8/h5-7H,3-4H2,1-2H3. The van der Waals surface area contributed by atoms with E-state index < -0.39 is 0 Å². The van der Waals surface area contributed by atoms with Gasteiger partial charge in [-0.1, -0.05) is 20.3 Å². The summed E-state index contributed by atoms with van der Waals surface area (Å²) in [5.74, 6) is 0.438. The van der Waals surface area contributed by atoms with Crippen molar-refractivity contribution in [1.82, 2.24) is 0 Å². The van der Waals surface area contributed by atoms with Crippen molar-refractivity contribution in [3.05, 3.63) is 20.8 Å². The van der Waals surface area contributed by atoms with Gasteiger partial charge in [0, 0.05) is 5.92 Å². The number of Topliss-reactive ketones (excluding diaryl/α,β-unsaturated/α-hetero) is 1. The molecule has 13 heavy (non-hydrogen) atoms. The summed E-state index contributed by atoms with van der Waals surface area (Å²) < 4.78 is 1.03. The Morgan fingerprint density at radius 1 is 1.62 bits per heavy atom. The Bertz CT molecular complexity index is 293. The summed E-state index contributed by atoms with van der Waals surface area (Å²) in [4.78, 5) is 12.6. The van der Waals surface area contributed by atoms with Crippen molar-refractivity contribution in [2.24, 2.45) is 5.92 Å². The molecule has 0 saturated carbocycles. The largest absolute Gasteiger partial charge is 0.293 e. The number of halogens is 1. The maximum Gasteiger partial charge on any atom is 0.175 e. The Hall–Kier alpha value is -0.150. The molecule has 3 heteroatoms. The second kappa shape index (κ2) is 4.91. The Morgan fingerprint density at radius 2 is 2.31 bits per heavy atom. The predicted octanol–water partition coefficient (Wildman–Crippen LogP) is 4.13. The lowest BCUT2D eigenvalue weighted by Crippen LogP contribution is -2.08. The van der Waals surface area contributed by atoms with Crippen LogP contribution in [0.1, 0.15) is 36.4 Å². The highest BCUT2D eigenvalue weighted by Gasteiger charge is 2.15. The van der Waals surface area contributed by atoms with Crippen LogP contribution in [0.25, 0.3) is 0 Å². The molecule has 0 aromatic carbocycles. The zero-order chi connectivity index (χ0) is 9.84. The molecule has 0 amide bonds. The van der Waals surface area contributed by atoms with Gasteiger partial charge in [0.15, 0.2) is 5.78 Å². The van der Waals surface area contributed by atoms with Gasteiger partial charge in [-0.2, -0.15) is 0 Å². The molecule has 0 aliphatic carbocycles. The van der Waals surface area contributed by atoms with Gasteiger partial charge in [-0.3, -0.25) is 4.79 Å². The zero-order valence-corrected chi connectivity index (χ0v) is 10.2. The first kappa shape index (κ1) is 10.9. The molecule has 1 rings (SSSR count). The van der Waals surface area contributed by atoms with Crippen LogP contribution in [-0.2, 0) is 0 Å². The summed E-state index contributed by atoms with van der Waals surface area (Å²) in [5.41, 5.74) is 0. The topological polar surface area (TPSA) is 17.1 Å². The van der Waals surface area contributed by atoms with Gasteiger partial charge in [0.2, 0.25) is 0 Å². The van der Waals surface area contributed by atoms with Crippen LogP contribution in [0.5, 0.6) is 0 Å². The molecule has 0 aliphatic rings. The van der Waals surface area contributed by atoms with E-state index in [4.69, 9.17) is 0 Å². The van der Waals surface area contributed by atoms with Crippen molar-refractivity contribution in [2.75, 3.05) is 0 Å². The first-order chi connectivity index (χ1) is 6.15. The second-order valence-corrected chi connectivity index (χ2v) is 5.62. The number of ketones is 1. The van der Waals surface area contributed by atoms with E-state index >= 15 is 0 Å². The van der Waals surface area contributed by atoms with E-state index in [2.05, 4.69) is 22.9 Å². The van der Waals surface area contributed by atoms with Gasteiger partial charge >= 0.3 is 0 Å². The van der Waals surface area contributed by atoms with E-state index in [-0.39, 0.29) is 11.7 Å². The number of hydrogen-bond donors (Lipinski definition) is 0. The highest BCUT2D eigenvalue weighted by Crippen LogP contribution is 2.25. The molecule has 1 nitrogen and oxygen atoms in total. The summed E-state index contributed by atoms with van der Waals surface area (Å²) in [5, 5.41) is 0. The third-order valence-electron chi connectivity index (χ3n) is 1.99. The van der Waals surface area contributed by atoms with E-state index in [1.807, 2.05) is 19.1 Å². The molecule has 1 atom stereocenters. The number of carbonyl (C=O) groups is 1. The van der Waals surface area contributed by atoms with Crippen molar-refractivity contribution in [3.8, 4) is 0 Å². The number of hydrogen-bond acceptors (Lipinski definition) is 2. The van der Waals surface area contributed by atoms with Crippen molar-refractivity contribution >= 4 is 33.0 Å². The molecule has 1 aromatic heterocycles. The SMILES string of the molecule is CCCC(C)C(=O)c1ccc(Br)s1. The van der Waals surface area contributed by atoms with E-state index in [1.165, 1.54) is 11.3 Å². The second-order valence-electron chi connectivity index (χ2n) is 3.16. The molecule has 0 fully saturated rings. The van der Waals surface area contributed by atoms with Gasteiger partial charge in [0.05, 0.1) is 8.66 Å². The third-order valence-corrected chi connectivity index (χ3v) is 3.62. The molecular weight excluding hydrogens is 248 g/mol. The molecule has 1 aromatic rings. The van der Waals surface area contributed by atoms with Crippen molar-refractivity contribution in [3.63, 3.8) is 0 Å². The molecule has 0 radical (unpaired) electrons. The highest BCUT2D eigenvalue weighted by atomic mass is 79.9. The summed E-state index contributed by atoms with van der Waals surface area (Å²) in [6.45, 7) is 4.10. The Kier molecular flexibility index (Phi) is 4.13. The molecule has 0 bridgehead atoms. The Labute approximate surface area is 91.3 Å². The summed E-state index contributed by atoms with van der Waals surface area (Å²) in [6, 6.07) is 3.82. The molecule has 0 saturated heterocycles. The highest BCUT2D eigenvalue weighted by molar-refractivity contribution is 9.11. The fourth-order valence-electron chi connectivity index (χ4n) is 1.25. The number of rotatable bonds is 4. The summed E-state index contributed by atoms with van der Waals surface area (Å²) in [6.07, 6.45) is 2.05. The van der Waals surface area contributed by atoms with Crippen LogP contribution in [-0.4, -0.2) is 5.78 Å². The molecule has 72 valence electrons. The van der Waals surface area contributed by atoms with Crippen LogP contribution >= 0.6 is 27.3 Å². The summed E-state index contributed by atoms with van der Waals surface area (Å²) >= 11 is 4.87. The Balaban J connectivity index is 2.67. The molecule has 1 unspecified atom stereocenters. The molecular formula is C10H13BrOS. The van der Waals surface area contributed by atoms with Crippen LogP contribution < -0.4 is 0 Å².